The summed E-state index contributed by atoms with van der Waals surface area (Å²) < 4.78 is 21.0. The molecule has 0 atom stereocenters. The van der Waals surface area contributed by atoms with E-state index in [0.29, 0.717) is 23.8 Å². The minimum absolute atomic E-state index is 0.0283. The highest BCUT2D eigenvalue weighted by Crippen LogP contribution is 2.38. The Bertz CT molecular complexity index is 644. The van der Waals surface area contributed by atoms with Gasteiger partial charge in [-0.05, 0) is 30.5 Å². The van der Waals surface area contributed by atoms with Crippen LogP contribution in [0.1, 0.15) is 18.4 Å². The summed E-state index contributed by atoms with van der Waals surface area (Å²) in [5, 5.41) is 3.36. The van der Waals surface area contributed by atoms with Gasteiger partial charge in [0.2, 0.25) is 5.75 Å². The molecule has 2 rings (SSSR count). The van der Waals surface area contributed by atoms with E-state index >= 15 is 0 Å². The van der Waals surface area contributed by atoms with Crippen LogP contribution in [0.2, 0.25) is 0 Å². The summed E-state index contributed by atoms with van der Waals surface area (Å²) in [6.07, 6.45) is 1.52. The van der Waals surface area contributed by atoms with Gasteiger partial charge in [-0.2, -0.15) is 0 Å². The number of carbonyl (C=O) groups excluding carboxylic acids is 1. The van der Waals surface area contributed by atoms with Crippen molar-refractivity contribution in [3.05, 3.63) is 17.7 Å². The van der Waals surface area contributed by atoms with Gasteiger partial charge in [-0.1, -0.05) is 0 Å². The van der Waals surface area contributed by atoms with Gasteiger partial charge in [0.1, 0.15) is 0 Å². The van der Waals surface area contributed by atoms with Crippen molar-refractivity contribution in [2.45, 2.75) is 19.4 Å². The zero-order chi connectivity index (χ0) is 19.8. The number of carbonyl (C=O) groups is 1. The lowest BCUT2D eigenvalue weighted by molar-refractivity contribution is -0.146. The molecule has 0 aliphatic carbocycles. The largest absolute Gasteiger partial charge is 0.493 e. The van der Waals surface area contributed by atoms with Gasteiger partial charge < -0.3 is 29.2 Å². The van der Waals surface area contributed by atoms with Crippen LogP contribution in [0.4, 0.5) is 0 Å². The first-order valence-corrected chi connectivity index (χ1v) is 8.90. The van der Waals surface area contributed by atoms with E-state index in [-0.39, 0.29) is 11.9 Å². The molecule has 0 bridgehead atoms. The molecule has 1 N–H and O–H groups in total. The fraction of sp³-hybridized carbons (Fsp3) is 0.579. The number of nitrogens with one attached hydrogen (secondary N) is 1. The number of esters is 1. The maximum Gasteiger partial charge on any atom is 0.308 e. The second-order valence-electron chi connectivity index (χ2n) is 6.22. The van der Waals surface area contributed by atoms with Gasteiger partial charge in [-0.3, -0.25) is 9.79 Å². The monoisotopic (exact) mass is 379 g/mol. The van der Waals surface area contributed by atoms with Gasteiger partial charge in [-0.25, -0.2) is 0 Å². The van der Waals surface area contributed by atoms with Gasteiger partial charge in [-0.15, -0.1) is 0 Å². The third-order valence-corrected chi connectivity index (χ3v) is 4.72. The van der Waals surface area contributed by atoms with Crippen molar-refractivity contribution in [3.8, 4) is 17.2 Å². The van der Waals surface area contributed by atoms with Crippen molar-refractivity contribution >= 4 is 11.9 Å². The third-order valence-electron chi connectivity index (χ3n) is 4.72. The SMILES string of the molecule is CN=C(NCc1cc(OC)c(OC)c(OC)c1)N1CCC(C(=O)OC)CC1. The minimum Gasteiger partial charge on any atom is -0.493 e. The average molecular weight is 379 g/mol. The van der Waals surface area contributed by atoms with Gasteiger partial charge in [0.05, 0.1) is 34.4 Å². The Morgan fingerprint density at radius 2 is 1.70 bits per heavy atom. The molecular weight excluding hydrogens is 350 g/mol. The van der Waals surface area contributed by atoms with Crippen molar-refractivity contribution in [1.29, 1.82) is 0 Å². The Morgan fingerprint density at radius 1 is 1.11 bits per heavy atom. The van der Waals surface area contributed by atoms with Crippen LogP contribution >= 0.6 is 0 Å². The van der Waals surface area contributed by atoms with Crippen molar-refractivity contribution in [2.24, 2.45) is 10.9 Å². The van der Waals surface area contributed by atoms with Crippen LogP contribution in [0.3, 0.4) is 0 Å². The quantitative estimate of drug-likeness (QED) is 0.457. The second kappa shape index (κ2) is 9.89. The highest BCUT2D eigenvalue weighted by atomic mass is 16.5. The lowest BCUT2D eigenvalue weighted by Crippen LogP contribution is -2.46. The van der Waals surface area contributed by atoms with Crippen molar-refractivity contribution in [2.75, 3.05) is 48.6 Å². The number of guanidine groups is 1. The molecule has 1 fully saturated rings. The Hall–Kier alpha value is -2.64. The zero-order valence-corrected chi connectivity index (χ0v) is 16.7. The Balaban J connectivity index is 2.01. The highest BCUT2D eigenvalue weighted by molar-refractivity contribution is 5.80. The molecule has 1 aliphatic rings. The molecule has 0 aromatic heterocycles. The maximum atomic E-state index is 11.7. The Morgan fingerprint density at radius 3 is 2.15 bits per heavy atom. The molecule has 1 aromatic carbocycles. The Kier molecular flexibility index (Phi) is 7.57. The van der Waals surface area contributed by atoms with Crippen LogP contribution in [-0.4, -0.2) is 65.4 Å². The van der Waals surface area contributed by atoms with Crippen LogP contribution in [-0.2, 0) is 16.1 Å². The first-order valence-electron chi connectivity index (χ1n) is 8.90. The van der Waals surface area contributed by atoms with E-state index in [1.807, 2.05) is 12.1 Å². The standard InChI is InChI=1S/C19H29N3O5/c1-20-19(22-8-6-14(7-9-22)18(23)27-5)21-12-13-10-15(24-2)17(26-4)16(11-13)25-3/h10-11,14H,6-9,12H2,1-5H3,(H,20,21). The third kappa shape index (κ3) is 4.96. The van der Waals surface area contributed by atoms with Crippen LogP contribution in [0.15, 0.2) is 17.1 Å². The van der Waals surface area contributed by atoms with Crippen LogP contribution < -0.4 is 19.5 Å². The molecule has 0 radical (unpaired) electrons. The van der Waals surface area contributed by atoms with Crippen LogP contribution in [0, 0.1) is 5.92 Å². The summed E-state index contributed by atoms with van der Waals surface area (Å²) in [5.74, 6) is 2.43. The van der Waals surface area contributed by atoms with E-state index in [0.717, 1.165) is 37.5 Å². The molecule has 1 aliphatic heterocycles. The number of likely N-dealkylation sites (tertiary alicyclic amines) is 1. The fourth-order valence-electron chi connectivity index (χ4n) is 3.24. The number of nitrogens with zero attached hydrogens (tertiary/aromatic N) is 2. The first-order chi connectivity index (χ1) is 13.1. The summed E-state index contributed by atoms with van der Waals surface area (Å²) >= 11 is 0. The number of methoxy groups -OCH3 is 4. The van der Waals surface area contributed by atoms with E-state index in [1.54, 1.807) is 28.4 Å². The van der Waals surface area contributed by atoms with Crippen molar-refractivity contribution < 1.29 is 23.7 Å². The second-order valence-corrected chi connectivity index (χ2v) is 6.22. The molecule has 1 saturated heterocycles. The van der Waals surface area contributed by atoms with Gasteiger partial charge in [0.15, 0.2) is 17.5 Å². The maximum absolute atomic E-state index is 11.7. The predicted molar refractivity (Wildman–Crippen MR) is 103 cm³/mol. The molecule has 0 spiro atoms. The van der Waals surface area contributed by atoms with E-state index in [9.17, 15) is 4.79 Å². The number of piperidine rings is 1. The highest BCUT2D eigenvalue weighted by Gasteiger charge is 2.27. The predicted octanol–water partition coefficient (Wildman–Crippen LogP) is 1.67. The number of hydrogen-bond acceptors (Lipinski definition) is 6. The lowest BCUT2D eigenvalue weighted by Gasteiger charge is -2.33. The van der Waals surface area contributed by atoms with Crippen molar-refractivity contribution in [1.82, 2.24) is 10.2 Å². The van der Waals surface area contributed by atoms with Crippen LogP contribution in [0.5, 0.6) is 17.2 Å². The minimum atomic E-state index is -0.130. The number of aliphatic imine (C=N–C) groups is 1. The normalized spacial score (nSPS) is 15.3. The molecule has 0 amide bonds. The van der Waals surface area contributed by atoms with E-state index in [2.05, 4.69) is 15.2 Å². The number of benzene rings is 1. The molecule has 0 unspecified atom stereocenters. The molecule has 1 aromatic rings. The summed E-state index contributed by atoms with van der Waals surface area (Å²) in [4.78, 5) is 18.2. The summed E-state index contributed by atoms with van der Waals surface area (Å²) in [5.41, 5.74) is 0.982. The van der Waals surface area contributed by atoms with Gasteiger partial charge >= 0.3 is 5.97 Å². The van der Waals surface area contributed by atoms with Crippen molar-refractivity contribution in [3.63, 3.8) is 0 Å². The van der Waals surface area contributed by atoms with E-state index < -0.39 is 0 Å². The molecular formula is C19H29N3O5. The molecule has 8 heteroatoms. The smallest absolute Gasteiger partial charge is 0.308 e. The number of rotatable bonds is 6. The average Bonchev–Trinajstić information content (AvgIpc) is 2.73. The molecule has 8 nitrogen and oxygen atoms in total. The lowest BCUT2D eigenvalue weighted by atomic mass is 9.97. The topological polar surface area (TPSA) is 81.6 Å². The van der Waals surface area contributed by atoms with E-state index in [1.165, 1.54) is 7.11 Å². The summed E-state index contributed by atoms with van der Waals surface area (Å²) in [6, 6.07) is 3.82. The number of ether oxygens (including phenoxy) is 4. The van der Waals surface area contributed by atoms with Gasteiger partial charge in [0.25, 0.3) is 0 Å². The molecule has 150 valence electrons. The van der Waals surface area contributed by atoms with Crippen LogP contribution in [0.25, 0.3) is 0 Å². The zero-order valence-electron chi connectivity index (χ0n) is 16.7. The summed E-state index contributed by atoms with van der Waals surface area (Å²) in [6.45, 7) is 2.07. The van der Waals surface area contributed by atoms with E-state index in [4.69, 9.17) is 18.9 Å². The van der Waals surface area contributed by atoms with Gasteiger partial charge in [0, 0.05) is 26.7 Å². The Labute approximate surface area is 160 Å². The molecule has 1 heterocycles. The number of hydrogen-bond donors (Lipinski definition) is 1. The molecule has 27 heavy (non-hydrogen) atoms. The molecule has 0 saturated carbocycles. The summed E-state index contributed by atoms with van der Waals surface area (Å²) in [7, 11) is 7.96. The fourth-order valence-corrected chi connectivity index (χ4v) is 3.24. The first kappa shape index (κ1) is 20.7.